The highest BCUT2D eigenvalue weighted by Crippen LogP contribution is 2.35. The molecule has 1 aliphatic carbocycles. The molecule has 1 aromatic heterocycles. The van der Waals surface area contributed by atoms with Crippen molar-refractivity contribution in [2.45, 2.75) is 38.1 Å². The minimum Gasteiger partial charge on any atom is -0.486 e. The van der Waals surface area contributed by atoms with Gasteiger partial charge in [0.2, 0.25) is 0 Å². The molecule has 2 atom stereocenters. The minimum atomic E-state index is -0.984. The van der Waals surface area contributed by atoms with Gasteiger partial charge in [-0.1, -0.05) is 5.21 Å². The number of nitrogens with zero attached hydrogens (tertiary/aromatic N) is 3. The van der Waals surface area contributed by atoms with E-state index in [4.69, 9.17) is 4.74 Å². The molecule has 1 aromatic carbocycles. The van der Waals surface area contributed by atoms with Crippen molar-refractivity contribution < 1.29 is 9.13 Å². The van der Waals surface area contributed by atoms with Gasteiger partial charge in [-0.2, -0.15) is 0 Å². The van der Waals surface area contributed by atoms with Gasteiger partial charge in [-0.15, -0.1) is 5.10 Å². The summed E-state index contributed by atoms with van der Waals surface area (Å²) in [6, 6.07) is 3.85. The maximum Gasteiger partial charge on any atom is 0.149 e. The fourth-order valence-corrected chi connectivity index (χ4v) is 3.36. The van der Waals surface area contributed by atoms with E-state index in [2.05, 4.69) is 31.6 Å². The molecule has 1 N–H and O–H groups in total. The molecule has 5 nitrogen and oxygen atoms in total. The normalized spacial score (nSPS) is 25.5. The van der Waals surface area contributed by atoms with E-state index in [9.17, 15) is 4.39 Å². The fraction of sp³-hybridized carbons (Fsp3) is 0.600. The van der Waals surface area contributed by atoms with Gasteiger partial charge < -0.3 is 10.1 Å². The second-order valence-corrected chi connectivity index (χ2v) is 6.92. The van der Waals surface area contributed by atoms with Crippen molar-refractivity contribution in [1.82, 2.24) is 20.3 Å². The molecule has 22 heavy (non-hydrogen) atoms. The Hall–Kier alpha value is -1.21. The summed E-state index contributed by atoms with van der Waals surface area (Å²) in [7, 11) is 0. The first-order valence-electron chi connectivity index (χ1n) is 7.75. The molecule has 0 spiro atoms. The van der Waals surface area contributed by atoms with Crippen LogP contribution in [0.25, 0.3) is 11.0 Å². The summed E-state index contributed by atoms with van der Waals surface area (Å²) < 4.78 is 22.5. The zero-order chi connectivity index (χ0) is 15.1. The molecule has 1 saturated carbocycles. The first kappa shape index (κ1) is 14.4. The molecule has 2 heterocycles. The molecule has 1 saturated heterocycles. The van der Waals surface area contributed by atoms with E-state index in [-0.39, 0.29) is 0 Å². The quantitative estimate of drug-likeness (QED) is 0.901. The number of fused-ring (bicyclic) bond motifs is 1. The monoisotopic (exact) mass is 368 g/mol. The fourth-order valence-electron chi connectivity index (χ4n) is 2.85. The molecule has 2 fully saturated rings. The molecular weight excluding hydrogens is 351 g/mol. The summed E-state index contributed by atoms with van der Waals surface area (Å²) in [5.41, 5.74) is 1.77. The average molecular weight is 369 g/mol. The lowest BCUT2D eigenvalue weighted by Gasteiger charge is -2.27. The minimum absolute atomic E-state index is 0.349. The van der Waals surface area contributed by atoms with Crippen molar-refractivity contribution >= 4 is 27.0 Å². The van der Waals surface area contributed by atoms with E-state index >= 15 is 0 Å². The van der Waals surface area contributed by atoms with Crippen LogP contribution >= 0.6 is 15.9 Å². The third-order valence-corrected chi connectivity index (χ3v) is 5.11. The van der Waals surface area contributed by atoms with Gasteiger partial charge in [0.05, 0.1) is 9.99 Å². The van der Waals surface area contributed by atoms with Gasteiger partial charge in [0.25, 0.3) is 0 Å². The molecule has 1 aliphatic heterocycles. The molecule has 2 aromatic rings. The average Bonchev–Trinajstić information content (AvgIpc) is 3.24. The van der Waals surface area contributed by atoms with E-state index in [0.717, 1.165) is 34.5 Å². The van der Waals surface area contributed by atoms with Gasteiger partial charge in [-0.05, 0) is 59.8 Å². The lowest BCUT2D eigenvalue weighted by molar-refractivity contribution is 0.0726. The predicted molar refractivity (Wildman–Crippen MR) is 84.8 cm³/mol. The number of benzene rings is 1. The van der Waals surface area contributed by atoms with Crippen molar-refractivity contribution in [1.29, 1.82) is 0 Å². The Morgan fingerprint density at radius 1 is 1.36 bits per heavy atom. The summed E-state index contributed by atoms with van der Waals surface area (Å²) in [5, 5.41) is 11.5. The Morgan fingerprint density at radius 2 is 2.23 bits per heavy atom. The largest absolute Gasteiger partial charge is 0.486 e. The van der Waals surface area contributed by atoms with Crippen LogP contribution in [0.2, 0.25) is 0 Å². The van der Waals surface area contributed by atoms with Crippen molar-refractivity contribution in [3.63, 3.8) is 0 Å². The molecule has 0 amide bonds. The number of piperidine rings is 1. The van der Waals surface area contributed by atoms with Crippen molar-refractivity contribution in [3.05, 3.63) is 16.6 Å². The summed E-state index contributed by atoms with van der Waals surface area (Å²) >= 11 is 3.54. The second-order valence-electron chi connectivity index (χ2n) is 6.13. The van der Waals surface area contributed by atoms with Gasteiger partial charge in [0, 0.05) is 13.1 Å². The Morgan fingerprint density at radius 3 is 3.00 bits per heavy atom. The maximum atomic E-state index is 13.9. The van der Waals surface area contributed by atoms with Crippen LogP contribution in [-0.4, -0.2) is 40.4 Å². The number of nitrogens with one attached hydrogen (secondary N) is 1. The molecule has 0 bridgehead atoms. The number of rotatable bonds is 4. The highest BCUT2D eigenvalue weighted by Gasteiger charge is 2.28. The van der Waals surface area contributed by atoms with Crippen LogP contribution in [0.3, 0.4) is 0 Å². The highest BCUT2D eigenvalue weighted by molar-refractivity contribution is 9.10. The predicted octanol–water partition coefficient (Wildman–Crippen LogP) is 2.68. The van der Waals surface area contributed by atoms with E-state index in [0.29, 0.717) is 18.7 Å². The maximum absolute atomic E-state index is 13.9. The van der Waals surface area contributed by atoms with Crippen LogP contribution in [0.4, 0.5) is 4.39 Å². The summed E-state index contributed by atoms with van der Waals surface area (Å²) in [5.74, 6) is 1.38. The highest BCUT2D eigenvalue weighted by atomic mass is 79.9. The van der Waals surface area contributed by atoms with E-state index in [1.54, 1.807) is 0 Å². The first-order valence-corrected chi connectivity index (χ1v) is 8.55. The Kier molecular flexibility index (Phi) is 3.78. The number of hydrogen-bond acceptors (Lipinski definition) is 4. The van der Waals surface area contributed by atoms with E-state index in [1.807, 2.05) is 16.8 Å². The molecule has 0 radical (unpaired) electrons. The summed E-state index contributed by atoms with van der Waals surface area (Å²) in [4.78, 5) is 0. The van der Waals surface area contributed by atoms with Gasteiger partial charge >= 0.3 is 0 Å². The Labute approximate surface area is 136 Å². The Balaban J connectivity index is 1.60. The topological polar surface area (TPSA) is 52.0 Å². The Bertz CT molecular complexity index is 687. The number of hydrogen-bond donors (Lipinski definition) is 1. The zero-order valence-corrected chi connectivity index (χ0v) is 13.7. The van der Waals surface area contributed by atoms with Gasteiger partial charge in [-0.3, -0.25) is 0 Å². The van der Waals surface area contributed by atoms with Crippen LogP contribution in [0.15, 0.2) is 16.6 Å². The molecule has 7 heteroatoms. The number of alkyl halides is 1. The summed E-state index contributed by atoms with van der Waals surface area (Å²) in [6.45, 7) is 2.05. The smallest absolute Gasteiger partial charge is 0.149 e. The van der Waals surface area contributed by atoms with Gasteiger partial charge in [0.1, 0.15) is 23.5 Å². The molecule has 0 unspecified atom stereocenters. The van der Waals surface area contributed by atoms with E-state index < -0.39 is 12.3 Å². The SMILES string of the molecule is F[C@@H]1CNCC[C@H]1Oc1ccc2c(nnn2CC2CC2)c1Br. The zero-order valence-electron chi connectivity index (χ0n) is 12.1. The van der Waals surface area contributed by atoms with Crippen LogP contribution in [0.5, 0.6) is 5.75 Å². The number of ether oxygens (including phenoxy) is 1. The molecular formula is C15H18BrFN4O. The standard InChI is InChI=1S/C15H18BrFN4O/c16-14-13(22-12-5-6-18-7-10(12)17)4-3-11-15(14)19-20-21(11)8-9-1-2-9/h3-4,9-10,12,18H,1-2,5-8H2/t10-,12-/m1/s1. The van der Waals surface area contributed by atoms with Crippen LogP contribution in [0, 0.1) is 5.92 Å². The lowest BCUT2D eigenvalue weighted by atomic mass is 10.1. The van der Waals surface area contributed by atoms with Crippen molar-refractivity contribution in [3.8, 4) is 5.75 Å². The van der Waals surface area contributed by atoms with Crippen LogP contribution < -0.4 is 10.1 Å². The van der Waals surface area contributed by atoms with Crippen LogP contribution in [0.1, 0.15) is 19.3 Å². The second kappa shape index (κ2) is 5.77. The third kappa shape index (κ3) is 2.72. The number of aromatic nitrogens is 3. The van der Waals surface area contributed by atoms with Crippen LogP contribution in [-0.2, 0) is 6.54 Å². The third-order valence-electron chi connectivity index (χ3n) is 4.34. The van der Waals surface area contributed by atoms with Gasteiger partial charge in [-0.25, -0.2) is 9.07 Å². The first-order chi connectivity index (χ1) is 10.7. The molecule has 2 aliphatic rings. The lowest BCUT2D eigenvalue weighted by Crippen LogP contribution is -2.44. The van der Waals surface area contributed by atoms with E-state index in [1.165, 1.54) is 12.8 Å². The van der Waals surface area contributed by atoms with Gasteiger partial charge in [0.15, 0.2) is 0 Å². The van der Waals surface area contributed by atoms with Crippen molar-refractivity contribution in [2.24, 2.45) is 5.92 Å². The molecule has 118 valence electrons. The molecule has 4 rings (SSSR count). The summed E-state index contributed by atoms with van der Waals surface area (Å²) in [6.07, 6.45) is 1.83. The van der Waals surface area contributed by atoms with Crippen molar-refractivity contribution in [2.75, 3.05) is 13.1 Å². The number of halogens is 2.